The van der Waals surface area contributed by atoms with E-state index < -0.39 is 26.9 Å². The molecule has 2 N–H and O–H groups in total. The highest BCUT2D eigenvalue weighted by Gasteiger charge is 2.33. The normalized spacial score (nSPS) is 12.5. The molecule has 0 spiro atoms. The summed E-state index contributed by atoms with van der Waals surface area (Å²) in [6, 6.07) is 6.22. The van der Waals surface area contributed by atoms with Crippen LogP contribution >= 0.6 is 11.3 Å². The molecule has 24 heavy (non-hydrogen) atoms. The minimum atomic E-state index is -3.74. The van der Waals surface area contributed by atoms with Crippen LogP contribution in [-0.2, 0) is 19.4 Å². The highest BCUT2D eigenvalue weighted by atomic mass is 32.2. The summed E-state index contributed by atoms with van der Waals surface area (Å²) in [5, 5.41) is 5.35. The lowest BCUT2D eigenvalue weighted by Crippen LogP contribution is -2.42. The van der Waals surface area contributed by atoms with Gasteiger partial charge in [-0.2, -0.15) is 0 Å². The van der Waals surface area contributed by atoms with Gasteiger partial charge in [0.25, 0.3) is 0 Å². The lowest BCUT2D eigenvalue weighted by Gasteiger charge is -2.15. The fraction of sp³-hybridized carbons (Fsp3) is 0.333. The van der Waals surface area contributed by atoms with Gasteiger partial charge in [0.05, 0.1) is 6.26 Å². The molecule has 0 fully saturated rings. The first-order chi connectivity index (χ1) is 11.5. The Morgan fingerprint density at radius 1 is 1.21 bits per heavy atom. The molecule has 0 aliphatic heterocycles. The van der Waals surface area contributed by atoms with Gasteiger partial charge in [-0.15, -0.1) is 11.3 Å². The molecule has 0 bridgehead atoms. The largest absolute Gasteiger partial charge is 0.468 e. The molecule has 2 amide bonds. The standard InChI is InChI=1S/C15H18N2O5S2/c1-2-7-16-14(18)15(19)17-10-12(11-5-3-8-22-11)24(20,21)13-6-4-9-23-13/h3-6,8-9,12H,2,7,10H2,1H3,(H,16,18)(H,17,19)/t12-/m1/s1. The van der Waals surface area contributed by atoms with E-state index in [1.807, 2.05) is 6.92 Å². The molecule has 2 aromatic heterocycles. The first kappa shape index (κ1) is 18.2. The summed E-state index contributed by atoms with van der Waals surface area (Å²) in [4.78, 5) is 23.4. The minimum absolute atomic E-state index is 0.175. The van der Waals surface area contributed by atoms with Crippen LogP contribution in [0.4, 0.5) is 0 Å². The third kappa shape index (κ3) is 4.24. The Labute approximate surface area is 144 Å². The molecule has 0 aliphatic carbocycles. The van der Waals surface area contributed by atoms with Crippen molar-refractivity contribution >= 4 is 33.0 Å². The van der Waals surface area contributed by atoms with Crippen LogP contribution < -0.4 is 10.6 Å². The predicted molar refractivity (Wildman–Crippen MR) is 89.3 cm³/mol. The second-order valence-corrected chi connectivity index (χ2v) is 8.25. The molecule has 0 unspecified atom stereocenters. The molecule has 2 aromatic rings. The number of furan rings is 1. The Hall–Kier alpha value is -2.13. The van der Waals surface area contributed by atoms with Gasteiger partial charge in [0, 0.05) is 13.1 Å². The van der Waals surface area contributed by atoms with Crippen molar-refractivity contribution < 1.29 is 22.4 Å². The number of sulfone groups is 1. The summed E-state index contributed by atoms with van der Waals surface area (Å²) in [5.74, 6) is -1.46. The van der Waals surface area contributed by atoms with Crippen molar-refractivity contribution in [1.82, 2.24) is 10.6 Å². The van der Waals surface area contributed by atoms with Crippen LogP contribution in [0.5, 0.6) is 0 Å². The summed E-state index contributed by atoms with van der Waals surface area (Å²) in [6.45, 7) is 1.98. The lowest BCUT2D eigenvalue weighted by molar-refractivity contribution is -0.139. The van der Waals surface area contributed by atoms with Crippen LogP contribution in [0, 0.1) is 0 Å². The van der Waals surface area contributed by atoms with E-state index in [1.165, 1.54) is 18.4 Å². The third-order valence-corrected chi connectivity index (χ3v) is 6.69. The van der Waals surface area contributed by atoms with Crippen molar-refractivity contribution in [2.75, 3.05) is 13.1 Å². The fourth-order valence-corrected chi connectivity index (χ4v) is 4.78. The monoisotopic (exact) mass is 370 g/mol. The molecule has 0 saturated heterocycles. The van der Waals surface area contributed by atoms with Crippen LogP contribution in [0.25, 0.3) is 0 Å². The van der Waals surface area contributed by atoms with Crippen molar-refractivity contribution in [1.29, 1.82) is 0 Å². The van der Waals surface area contributed by atoms with E-state index in [1.54, 1.807) is 17.5 Å². The smallest absolute Gasteiger partial charge is 0.309 e. The van der Waals surface area contributed by atoms with Crippen molar-refractivity contribution in [3.05, 3.63) is 41.7 Å². The first-order valence-corrected chi connectivity index (χ1v) is 9.76. The maximum Gasteiger partial charge on any atom is 0.309 e. The molecule has 2 heterocycles. The van der Waals surface area contributed by atoms with E-state index in [9.17, 15) is 18.0 Å². The maximum absolute atomic E-state index is 12.7. The molecule has 2 rings (SSSR count). The fourth-order valence-electron chi connectivity index (χ4n) is 1.99. The molecular weight excluding hydrogens is 352 g/mol. The van der Waals surface area contributed by atoms with Gasteiger partial charge in [0.2, 0.25) is 0 Å². The van der Waals surface area contributed by atoms with Gasteiger partial charge in [-0.05, 0) is 30.0 Å². The molecule has 1 atom stereocenters. The summed E-state index contributed by atoms with van der Waals surface area (Å²) in [7, 11) is -3.74. The zero-order valence-electron chi connectivity index (χ0n) is 13.0. The average Bonchev–Trinajstić information content (AvgIpc) is 3.25. The average molecular weight is 370 g/mol. The molecule has 7 nitrogen and oxygen atoms in total. The molecule has 0 saturated carbocycles. The topological polar surface area (TPSA) is 105 Å². The van der Waals surface area contributed by atoms with Gasteiger partial charge in [-0.3, -0.25) is 9.59 Å². The molecule has 0 radical (unpaired) electrons. The van der Waals surface area contributed by atoms with E-state index in [2.05, 4.69) is 10.6 Å². The molecular formula is C15H18N2O5S2. The number of carbonyl (C=O) groups is 2. The predicted octanol–water partition coefficient (Wildman–Crippen LogP) is 1.50. The maximum atomic E-state index is 12.7. The number of rotatable bonds is 7. The highest BCUT2D eigenvalue weighted by Crippen LogP contribution is 2.31. The zero-order chi connectivity index (χ0) is 17.6. The summed E-state index contributed by atoms with van der Waals surface area (Å²) in [5.41, 5.74) is 0. The first-order valence-electron chi connectivity index (χ1n) is 7.33. The minimum Gasteiger partial charge on any atom is -0.468 e. The van der Waals surface area contributed by atoms with E-state index in [0.29, 0.717) is 13.0 Å². The van der Waals surface area contributed by atoms with Crippen LogP contribution in [-0.4, -0.2) is 33.3 Å². The van der Waals surface area contributed by atoms with Crippen LogP contribution in [0.1, 0.15) is 24.4 Å². The molecule has 0 aliphatic rings. The Kier molecular flexibility index (Phi) is 6.16. The van der Waals surface area contributed by atoms with Crippen LogP contribution in [0.3, 0.4) is 0 Å². The zero-order valence-corrected chi connectivity index (χ0v) is 14.7. The SMILES string of the molecule is CCCNC(=O)C(=O)NC[C@H](c1ccco1)S(=O)(=O)c1cccs1. The molecule has 0 aromatic carbocycles. The quantitative estimate of drug-likeness (QED) is 0.719. The number of hydrogen-bond acceptors (Lipinski definition) is 6. The van der Waals surface area contributed by atoms with Gasteiger partial charge in [0.15, 0.2) is 9.84 Å². The summed E-state index contributed by atoms with van der Waals surface area (Å²) >= 11 is 1.09. The Balaban J connectivity index is 2.14. The van der Waals surface area contributed by atoms with Gasteiger partial charge in [-0.25, -0.2) is 8.42 Å². The van der Waals surface area contributed by atoms with Crippen molar-refractivity contribution in [3.63, 3.8) is 0 Å². The number of carbonyl (C=O) groups excluding carboxylic acids is 2. The second kappa shape index (κ2) is 8.11. The third-order valence-electron chi connectivity index (χ3n) is 3.20. The van der Waals surface area contributed by atoms with Gasteiger partial charge in [-0.1, -0.05) is 13.0 Å². The lowest BCUT2D eigenvalue weighted by atomic mass is 10.3. The Morgan fingerprint density at radius 3 is 2.54 bits per heavy atom. The van der Waals surface area contributed by atoms with Crippen molar-refractivity contribution in [3.8, 4) is 0 Å². The Bertz CT molecular complexity index is 767. The second-order valence-electron chi connectivity index (χ2n) is 4.95. The number of nitrogens with one attached hydrogen (secondary N) is 2. The van der Waals surface area contributed by atoms with Crippen LogP contribution in [0.2, 0.25) is 0 Å². The Morgan fingerprint density at radius 2 is 1.96 bits per heavy atom. The summed E-state index contributed by atoms with van der Waals surface area (Å²) < 4.78 is 30.9. The van der Waals surface area contributed by atoms with Crippen LogP contribution in [0.15, 0.2) is 44.5 Å². The van der Waals surface area contributed by atoms with Crippen molar-refractivity contribution in [2.24, 2.45) is 0 Å². The van der Waals surface area contributed by atoms with E-state index in [-0.39, 0.29) is 16.5 Å². The summed E-state index contributed by atoms with van der Waals surface area (Å²) in [6.07, 6.45) is 2.06. The molecule has 130 valence electrons. The number of amides is 2. The van der Waals surface area contributed by atoms with E-state index in [4.69, 9.17) is 4.42 Å². The van der Waals surface area contributed by atoms with Gasteiger partial charge in [0.1, 0.15) is 15.2 Å². The van der Waals surface area contributed by atoms with Gasteiger partial charge >= 0.3 is 11.8 Å². The van der Waals surface area contributed by atoms with Crippen molar-refractivity contribution in [2.45, 2.75) is 22.8 Å². The van der Waals surface area contributed by atoms with E-state index in [0.717, 1.165) is 11.3 Å². The number of thiophene rings is 1. The molecule has 9 heteroatoms. The number of hydrogen-bond donors (Lipinski definition) is 2. The highest BCUT2D eigenvalue weighted by molar-refractivity contribution is 7.93. The van der Waals surface area contributed by atoms with Gasteiger partial charge < -0.3 is 15.1 Å². The van der Waals surface area contributed by atoms with E-state index >= 15 is 0 Å².